The van der Waals surface area contributed by atoms with Gasteiger partial charge in [0.15, 0.2) is 0 Å². The molecule has 0 aliphatic heterocycles. The average molecular weight is 181 g/mol. The van der Waals surface area contributed by atoms with Gasteiger partial charge in [-0.15, -0.1) is 0 Å². The number of aliphatic imine (C=N–C) groups is 1. The van der Waals surface area contributed by atoms with E-state index in [1.807, 2.05) is 26.2 Å². The van der Waals surface area contributed by atoms with E-state index in [9.17, 15) is 0 Å². The van der Waals surface area contributed by atoms with Gasteiger partial charge in [0, 0.05) is 19.8 Å². The van der Waals surface area contributed by atoms with E-state index in [4.69, 9.17) is 5.84 Å². The summed E-state index contributed by atoms with van der Waals surface area (Å²) < 4.78 is 1.76. The van der Waals surface area contributed by atoms with Crippen molar-refractivity contribution in [3.63, 3.8) is 0 Å². The Morgan fingerprint density at radius 2 is 2.54 bits per heavy atom. The Kier molecular flexibility index (Phi) is 3.45. The van der Waals surface area contributed by atoms with Crippen molar-refractivity contribution in [2.24, 2.45) is 17.9 Å². The van der Waals surface area contributed by atoms with Crippen LogP contribution in [0.4, 0.5) is 0 Å². The number of nitrogens with two attached hydrogens (primary N) is 1. The fourth-order valence-corrected chi connectivity index (χ4v) is 1.07. The number of hydrazine groups is 1. The van der Waals surface area contributed by atoms with Crippen LogP contribution < -0.4 is 11.3 Å². The molecule has 1 aromatic heterocycles. The zero-order valence-electron chi connectivity index (χ0n) is 7.99. The summed E-state index contributed by atoms with van der Waals surface area (Å²) in [4.78, 5) is 4.18. The molecule has 5 heteroatoms. The lowest BCUT2D eigenvalue weighted by atomic mass is 10.3. The fraction of sp³-hybridized carbons (Fsp3) is 0.500. The maximum absolute atomic E-state index is 5.30. The number of amidine groups is 1. The Labute approximate surface area is 77.6 Å². The van der Waals surface area contributed by atoms with Crippen LogP contribution in [-0.2, 0) is 13.5 Å². The highest BCUT2D eigenvalue weighted by atomic mass is 15.3. The van der Waals surface area contributed by atoms with Gasteiger partial charge in [0.1, 0.15) is 5.84 Å². The highest BCUT2D eigenvalue weighted by molar-refractivity contribution is 5.83. The molecule has 13 heavy (non-hydrogen) atoms. The molecule has 1 rings (SSSR count). The van der Waals surface area contributed by atoms with Crippen molar-refractivity contribution in [2.75, 3.05) is 6.54 Å². The number of nitrogens with zero attached hydrogens (tertiary/aromatic N) is 3. The smallest absolute Gasteiger partial charge is 0.116 e. The van der Waals surface area contributed by atoms with E-state index in [0.29, 0.717) is 6.42 Å². The first-order valence-electron chi connectivity index (χ1n) is 4.24. The number of hydrogen-bond donors (Lipinski definition) is 2. The zero-order valence-corrected chi connectivity index (χ0v) is 7.99. The average Bonchev–Trinajstić information content (AvgIpc) is 2.50. The predicted molar refractivity (Wildman–Crippen MR) is 52.2 cm³/mol. The molecule has 72 valence electrons. The molecule has 1 aromatic rings. The first kappa shape index (κ1) is 9.73. The third-order valence-corrected chi connectivity index (χ3v) is 1.63. The van der Waals surface area contributed by atoms with Gasteiger partial charge in [-0.1, -0.05) is 0 Å². The Bertz CT molecular complexity index is 288. The minimum atomic E-state index is 0.658. The molecule has 0 amide bonds. The fourth-order valence-electron chi connectivity index (χ4n) is 1.07. The highest BCUT2D eigenvalue weighted by Gasteiger charge is 2.01. The monoisotopic (exact) mass is 181 g/mol. The van der Waals surface area contributed by atoms with E-state index in [0.717, 1.165) is 18.1 Å². The second kappa shape index (κ2) is 4.61. The van der Waals surface area contributed by atoms with Crippen molar-refractivity contribution in [3.8, 4) is 0 Å². The first-order chi connectivity index (χ1) is 6.26. The lowest BCUT2D eigenvalue weighted by Crippen LogP contribution is -2.32. The Morgan fingerprint density at radius 1 is 1.77 bits per heavy atom. The van der Waals surface area contributed by atoms with Gasteiger partial charge < -0.3 is 5.43 Å². The van der Waals surface area contributed by atoms with Gasteiger partial charge in [0.2, 0.25) is 0 Å². The lowest BCUT2D eigenvalue weighted by Gasteiger charge is -2.01. The van der Waals surface area contributed by atoms with E-state index in [1.54, 1.807) is 4.68 Å². The van der Waals surface area contributed by atoms with Crippen LogP contribution in [0.2, 0.25) is 0 Å². The van der Waals surface area contributed by atoms with Crippen molar-refractivity contribution in [1.82, 2.24) is 15.2 Å². The molecule has 1 heterocycles. The molecular weight excluding hydrogens is 166 g/mol. The topological polar surface area (TPSA) is 68.2 Å². The van der Waals surface area contributed by atoms with E-state index < -0.39 is 0 Å². The highest BCUT2D eigenvalue weighted by Crippen LogP contribution is 1.95. The molecular formula is C8H15N5. The van der Waals surface area contributed by atoms with Gasteiger partial charge in [-0.25, -0.2) is 5.84 Å². The summed E-state index contributed by atoms with van der Waals surface area (Å²) in [7, 11) is 1.88. The molecule has 0 unspecified atom stereocenters. The van der Waals surface area contributed by atoms with Crippen LogP contribution >= 0.6 is 0 Å². The molecule has 0 fully saturated rings. The molecule has 0 radical (unpaired) electrons. The van der Waals surface area contributed by atoms with Crippen molar-refractivity contribution in [1.29, 1.82) is 0 Å². The van der Waals surface area contributed by atoms with Gasteiger partial charge in [-0.2, -0.15) is 5.10 Å². The Morgan fingerprint density at radius 3 is 3.00 bits per heavy atom. The molecule has 5 nitrogen and oxygen atoms in total. The molecule has 0 saturated carbocycles. The SMILES string of the molecule is CCN=C(Cc1ccn(C)n1)NN. The van der Waals surface area contributed by atoms with Crippen LogP contribution in [0.25, 0.3) is 0 Å². The quantitative estimate of drug-likeness (QED) is 0.295. The van der Waals surface area contributed by atoms with E-state index >= 15 is 0 Å². The number of nitrogens with one attached hydrogen (secondary N) is 1. The molecule has 0 saturated heterocycles. The van der Waals surface area contributed by atoms with E-state index in [1.165, 1.54) is 0 Å². The molecule has 0 bridgehead atoms. The van der Waals surface area contributed by atoms with Crippen molar-refractivity contribution >= 4 is 5.84 Å². The van der Waals surface area contributed by atoms with Crippen molar-refractivity contribution in [2.45, 2.75) is 13.3 Å². The zero-order chi connectivity index (χ0) is 9.68. The summed E-state index contributed by atoms with van der Waals surface area (Å²) in [6.07, 6.45) is 2.56. The number of hydrogen-bond acceptors (Lipinski definition) is 3. The third-order valence-electron chi connectivity index (χ3n) is 1.63. The van der Waals surface area contributed by atoms with Gasteiger partial charge in [-0.05, 0) is 13.0 Å². The molecule has 0 atom stereocenters. The summed E-state index contributed by atoms with van der Waals surface area (Å²) in [6.45, 7) is 2.70. The summed E-state index contributed by atoms with van der Waals surface area (Å²) in [5, 5.41) is 4.22. The molecule has 0 aliphatic rings. The van der Waals surface area contributed by atoms with Gasteiger partial charge in [0.25, 0.3) is 0 Å². The summed E-state index contributed by atoms with van der Waals surface area (Å²) in [5.74, 6) is 6.06. The number of rotatable bonds is 3. The molecule has 0 aromatic carbocycles. The minimum absolute atomic E-state index is 0.658. The van der Waals surface area contributed by atoms with Crippen LogP contribution in [0.1, 0.15) is 12.6 Å². The summed E-state index contributed by atoms with van der Waals surface area (Å²) in [5.41, 5.74) is 3.53. The Hall–Kier alpha value is -1.36. The van der Waals surface area contributed by atoms with Crippen LogP contribution in [0.15, 0.2) is 17.3 Å². The minimum Gasteiger partial charge on any atom is -0.312 e. The maximum atomic E-state index is 5.30. The van der Waals surface area contributed by atoms with Crippen LogP contribution in [0.5, 0.6) is 0 Å². The second-order valence-electron chi connectivity index (χ2n) is 2.72. The summed E-state index contributed by atoms with van der Waals surface area (Å²) >= 11 is 0. The number of aromatic nitrogens is 2. The maximum Gasteiger partial charge on any atom is 0.116 e. The first-order valence-corrected chi connectivity index (χ1v) is 4.24. The van der Waals surface area contributed by atoms with Crippen LogP contribution in [0.3, 0.4) is 0 Å². The predicted octanol–water partition coefficient (Wildman–Crippen LogP) is -0.156. The molecule has 3 N–H and O–H groups in total. The van der Waals surface area contributed by atoms with Gasteiger partial charge in [0.05, 0.1) is 12.1 Å². The van der Waals surface area contributed by atoms with E-state index in [-0.39, 0.29) is 0 Å². The number of aryl methyl sites for hydroxylation is 1. The van der Waals surface area contributed by atoms with Crippen molar-refractivity contribution < 1.29 is 0 Å². The molecule has 0 spiro atoms. The normalized spacial score (nSPS) is 11.8. The standard InChI is InChI=1S/C8H15N5/c1-3-10-8(11-9)6-7-4-5-13(2)12-7/h4-5H,3,6,9H2,1-2H3,(H,10,11). The largest absolute Gasteiger partial charge is 0.312 e. The van der Waals surface area contributed by atoms with Crippen LogP contribution in [-0.4, -0.2) is 22.2 Å². The van der Waals surface area contributed by atoms with Crippen LogP contribution in [0, 0.1) is 0 Å². The lowest BCUT2D eigenvalue weighted by molar-refractivity contribution is 0.750. The Balaban J connectivity index is 2.61. The van der Waals surface area contributed by atoms with Crippen molar-refractivity contribution in [3.05, 3.63) is 18.0 Å². The third kappa shape index (κ3) is 2.87. The van der Waals surface area contributed by atoms with Gasteiger partial charge in [-0.3, -0.25) is 9.67 Å². The van der Waals surface area contributed by atoms with Gasteiger partial charge >= 0.3 is 0 Å². The summed E-state index contributed by atoms with van der Waals surface area (Å²) in [6, 6.07) is 1.95. The van der Waals surface area contributed by atoms with E-state index in [2.05, 4.69) is 15.5 Å². The molecule has 0 aliphatic carbocycles. The second-order valence-corrected chi connectivity index (χ2v) is 2.72.